The van der Waals surface area contributed by atoms with Crippen LogP contribution in [0.1, 0.15) is 13.8 Å². The van der Waals surface area contributed by atoms with Gasteiger partial charge in [0.1, 0.15) is 0 Å². The molecule has 0 aliphatic carbocycles. The van der Waals surface area contributed by atoms with Crippen molar-refractivity contribution in [3.05, 3.63) is 16.7 Å². The largest absolute Gasteiger partial charge is 0.464 e. The molecule has 132 valence electrons. The number of β-lactam (4-membered cyclic amide) rings is 1. The maximum atomic E-state index is 12.3. The van der Waals surface area contributed by atoms with Gasteiger partial charge in [0.15, 0.2) is 22.3 Å². The van der Waals surface area contributed by atoms with Crippen molar-refractivity contribution in [1.82, 2.24) is 24.9 Å². The summed E-state index contributed by atoms with van der Waals surface area (Å²) in [4.78, 5) is 61.3. The van der Waals surface area contributed by atoms with Crippen molar-refractivity contribution in [2.45, 2.75) is 24.8 Å². The highest BCUT2D eigenvalue weighted by Crippen LogP contribution is 2.38. The number of esters is 1. The van der Waals surface area contributed by atoms with Crippen molar-refractivity contribution >= 4 is 46.4 Å². The van der Waals surface area contributed by atoms with E-state index in [1.54, 1.807) is 6.92 Å². The highest BCUT2D eigenvalue weighted by atomic mass is 35.5. The smallest absolute Gasteiger partial charge is 0.344 e. The lowest BCUT2D eigenvalue weighted by molar-refractivity contribution is -0.179. The SMILES string of the molecule is CCOC(=O)C1(C(C)=O)C(Cl)C(=O)N1Nc1nc2nc[nH]c2c(=O)[nH]1. The number of rotatable bonds is 5. The van der Waals surface area contributed by atoms with Gasteiger partial charge in [0.25, 0.3) is 11.5 Å². The molecule has 1 saturated heterocycles. The van der Waals surface area contributed by atoms with Gasteiger partial charge in [-0.15, -0.1) is 11.6 Å². The topological polar surface area (TPSA) is 150 Å². The van der Waals surface area contributed by atoms with Gasteiger partial charge in [-0.2, -0.15) is 4.98 Å². The van der Waals surface area contributed by atoms with Crippen molar-refractivity contribution in [3.8, 4) is 0 Å². The van der Waals surface area contributed by atoms with Crippen LogP contribution < -0.4 is 11.0 Å². The first-order valence-corrected chi connectivity index (χ1v) is 7.64. The van der Waals surface area contributed by atoms with Crippen LogP contribution in [0.15, 0.2) is 11.1 Å². The van der Waals surface area contributed by atoms with Gasteiger partial charge in [-0.05, 0) is 13.8 Å². The lowest BCUT2D eigenvalue weighted by atomic mass is 9.81. The lowest BCUT2D eigenvalue weighted by Gasteiger charge is -2.50. The van der Waals surface area contributed by atoms with E-state index in [2.05, 4.69) is 25.4 Å². The Kier molecular flexibility index (Phi) is 3.95. The number of H-pyrrole nitrogens is 2. The second kappa shape index (κ2) is 5.84. The zero-order valence-electron chi connectivity index (χ0n) is 13.1. The first-order chi connectivity index (χ1) is 11.8. The average molecular weight is 369 g/mol. The quantitative estimate of drug-likeness (QED) is 0.271. The van der Waals surface area contributed by atoms with E-state index in [0.717, 1.165) is 6.92 Å². The third-order valence-corrected chi connectivity index (χ3v) is 4.30. The number of nitrogens with one attached hydrogen (secondary N) is 3. The number of ketones is 1. The van der Waals surface area contributed by atoms with Crippen LogP contribution in [-0.4, -0.2) is 60.1 Å². The van der Waals surface area contributed by atoms with Gasteiger partial charge < -0.3 is 9.72 Å². The van der Waals surface area contributed by atoms with E-state index in [4.69, 9.17) is 16.3 Å². The maximum absolute atomic E-state index is 12.3. The van der Waals surface area contributed by atoms with Crippen molar-refractivity contribution < 1.29 is 19.1 Å². The predicted molar refractivity (Wildman–Crippen MR) is 84.7 cm³/mol. The first-order valence-electron chi connectivity index (χ1n) is 7.20. The number of halogens is 1. The van der Waals surface area contributed by atoms with E-state index in [-0.39, 0.29) is 23.7 Å². The van der Waals surface area contributed by atoms with Gasteiger partial charge >= 0.3 is 5.97 Å². The molecule has 0 bridgehead atoms. The molecule has 0 saturated carbocycles. The van der Waals surface area contributed by atoms with Gasteiger partial charge in [0.05, 0.1) is 12.9 Å². The minimum Gasteiger partial charge on any atom is -0.464 e. The van der Waals surface area contributed by atoms with Crippen molar-refractivity contribution in [2.24, 2.45) is 0 Å². The molecule has 3 rings (SSSR count). The van der Waals surface area contributed by atoms with Gasteiger partial charge in [-0.1, -0.05) is 0 Å². The average Bonchev–Trinajstić information content (AvgIpc) is 3.03. The van der Waals surface area contributed by atoms with Gasteiger partial charge in [0, 0.05) is 0 Å². The molecular weight excluding hydrogens is 356 g/mol. The fourth-order valence-electron chi connectivity index (χ4n) is 2.57. The van der Waals surface area contributed by atoms with Crippen LogP contribution in [0.4, 0.5) is 5.95 Å². The highest BCUT2D eigenvalue weighted by molar-refractivity contribution is 6.41. The molecule has 25 heavy (non-hydrogen) atoms. The summed E-state index contributed by atoms with van der Waals surface area (Å²) < 4.78 is 4.89. The first kappa shape index (κ1) is 16.9. The Bertz CT molecular complexity index is 938. The molecule has 2 aromatic heterocycles. The molecule has 1 aliphatic heterocycles. The van der Waals surface area contributed by atoms with E-state index in [1.807, 2.05) is 0 Å². The number of hydrazine groups is 1. The summed E-state index contributed by atoms with van der Waals surface area (Å²) in [7, 11) is 0. The van der Waals surface area contributed by atoms with Crippen LogP contribution in [-0.2, 0) is 19.1 Å². The minimum atomic E-state index is -2.05. The molecule has 0 radical (unpaired) electrons. The number of amides is 1. The number of imidazole rings is 1. The number of hydrogen-bond acceptors (Lipinski definition) is 8. The molecule has 3 heterocycles. The minimum absolute atomic E-state index is 0.00614. The standard InChI is InChI=1S/C13H13ClN6O5/c1-3-25-11(24)13(5(2)21)7(14)10(23)20(13)19-12-17-8-6(9(22)18-12)15-4-16-8/h4,7H,3H2,1-2H3,(H3,15,16,17,18,19,22). The van der Waals surface area contributed by atoms with Crippen LogP contribution in [0.5, 0.6) is 0 Å². The van der Waals surface area contributed by atoms with E-state index >= 15 is 0 Å². The molecule has 1 amide bonds. The monoisotopic (exact) mass is 368 g/mol. The van der Waals surface area contributed by atoms with Gasteiger partial charge in [-0.3, -0.25) is 24.8 Å². The van der Waals surface area contributed by atoms with Crippen molar-refractivity contribution in [3.63, 3.8) is 0 Å². The molecule has 1 fully saturated rings. The Hall–Kier alpha value is -2.95. The Morgan fingerprint density at radius 1 is 1.48 bits per heavy atom. The summed E-state index contributed by atoms with van der Waals surface area (Å²) in [5.74, 6) is -2.59. The van der Waals surface area contributed by atoms with Crippen molar-refractivity contribution in [2.75, 3.05) is 12.0 Å². The fraction of sp³-hybridized carbons (Fsp3) is 0.385. The predicted octanol–water partition coefficient (Wildman–Crippen LogP) is -0.686. The molecule has 0 aromatic carbocycles. The second-order valence-corrected chi connectivity index (χ2v) is 5.64. The van der Waals surface area contributed by atoms with Crippen LogP contribution >= 0.6 is 11.6 Å². The van der Waals surface area contributed by atoms with Crippen LogP contribution in [0.25, 0.3) is 11.2 Å². The molecular formula is C13H13ClN6O5. The van der Waals surface area contributed by atoms with E-state index in [0.29, 0.717) is 5.01 Å². The lowest BCUT2D eigenvalue weighted by Crippen LogP contribution is -2.80. The normalized spacial score (nSPS) is 22.6. The third-order valence-electron chi connectivity index (χ3n) is 3.79. The number of aromatic nitrogens is 4. The van der Waals surface area contributed by atoms with E-state index < -0.39 is 34.1 Å². The molecule has 0 spiro atoms. The van der Waals surface area contributed by atoms with Crippen LogP contribution in [0.2, 0.25) is 0 Å². The summed E-state index contributed by atoms with van der Waals surface area (Å²) in [6.45, 7) is 2.66. The Morgan fingerprint density at radius 2 is 2.20 bits per heavy atom. The number of carbonyl (C=O) groups is 3. The second-order valence-electron chi connectivity index (χ2n) is 5.21. The highest BCUT2D eigenvalue weighted by Gasteiger charge is 2.70. The number of Topliss-reactive ketones (excluding diaryl/α,β-unsaturated/α-hetero) is 1. The number of alkyl halides is 1. The number of carbonyl (C=O) groups excluding carboxylic acids is 3. The van der Waals surface area contributed by atoms with Crippen molar-refractivity contribution in [1.29, 1.82) is 0 Å². The summed E-state index contributed by atoms with van der Waals surface area (Å²) in [5.41, 5.74) is 0.0782. The Balaban J connectivity index is 2.01. The van der Waals surface area contributed by atoms with E-state index in [1.165, 1.54) is 6.33 Å². The summed E-state index contributed by atoms with van der Waals surface area (Å²) in [6, 6.07) is 0. The number of fused-ring (bicyclic) bond motifs is 1. The summed E-state index contributed by atoms with van der Waals surface area (Å²) in [6.07, 6.45) is 1.28. The molecule has 2 aromatic rings. The van der Waals surface area contributed by atoms with E-state index in [9.17, 15) is 19.2 Å². The fourth-order valence-corrected chi connectivity index (χ4v) is 3.01. The zero-order chi connectivity index (χ0) is 18.4. The molecule has 2 atom stereocenters. The Morgan fingerprint density at radius 3 is 2.84 bits per heavy atom. The maximum Gasteiger partial charge on any atom is 0.344 e. The van der Waals surface area contributed by atoms with Crippen LogP contribution in [0.3, 0.4) is 0 Å². The third kappa shape index (κ3) is 2.27. The molecule has 11 nitrogen and oxygen atoms in total. The number of hydrogen-bond donors (Lipinski definition) is 3. The number of ether oxygens (including phenoxy) is 1. The molecule has 1 aliphatic rings. The number of nitrogens with zero attached hydrogens (tertiary/aromatic N) is 3. The van der Waals surface area contributed by atoms with Gasteiger partial charge in [-0.25, -0.2) is 14.8 Å². The number of anilines is 1. The molecule has 3 N–H and O–H groups in total. The molecule has 2 unspecified atom stereocenters. The number of aromatic amines is 2. The summed E-state index contributed by atoms with van der Waals surface area (Å²) >= 11 is 5.96. The molecule has 12 heteroatoms. The van der Waals surface area contributed by atoms with Gasteiger partial charge in [0.2, 0.25) is 11.5 Å². The van der Waals surface area contributed by atoms with Crippen LogP contribution in [0, 0.1) is 0 Å². The zero-order valence-corrected chi connectivity index (χ0v) is 13.9. The Labute approximate surface area is 144 Å². The summed E-state index contributed by atoms with van der Waals surface area (Å²) in [5, 5.41) is -0.723.